The van der Waals surface area contributed by atoms with Crippen LogP contribution in [0.4, 0.5) is 0 Å². The zero-order chi connectivity index (χ0) is 39.6. The third-order valence-electron chi connectivity index (χ3n) is 10.0. The summed E-state index contributed by atoms with van der Waals surface area (Å²) in [5.74, 6) is 1.63. The fourth-order valence-corrected chi connectivity index (χ4v) is 7.24. The standard InChI is InChI=1S/C46H54N8O2/c1-7-27-53(45(55)43(51(3)4)37-15-11-9-12-16-37)31-41-47-29-39(49-41)35-23-19-33(20-24-35)34-21-25-36(26-22-34)40-30-48-42(50-40)32-54(28-8-2)46(56)44(52(5)6)38-17-13-10-14-18-38/h9-26,29-30,43-44H,7-8,27-28,31-32H2,1-6H3,(H,47,49)(H,48,50). The third kappa shape index (κ3) is 9.50. The molecule has 0 fully saturated rings. The van der Waals surface area contributed by atoms with Gasteiger partial charge in [0.15, 0.2) is 0 Å². The quantitative estimate of drug-likeness (QED) is 0.0974. The molecule has 0 aliphatic carbocycles. The van der Waals surface area contributed by atoms with Crippen LogP contribution in [0.15, 0.2) is 122 Å². The van der Waals surface area contributed by atoms with Gasteiger partial charge in [0.1, 0.15) is 23.7 Å². The average Bonchev–Trinajstić information content (AvgIpc) is 3.88. The van der Waals surface area contributed by atoms with Gasteiger partial charge in [-0.15, -0.1) is 0 Å². The Morgan fingerprint density at radius 2 is 0.857 bits per heavy atom. The third-order valence-corrected chi connectivity index (χ3v) is 10.0. The molecule has 0 bridgehead atoms. The van der Waals surface area contributed by atoms with E-state index in [4.69, 9.17) is 0 Å². The number of imidazole rings is 2. The summed E-state index contributed by atoms with van der Waals surface area (Å²) in [6, 6.07) is 36.0. The van der Waals surface area contributed by atoms with E-state index in [0.29, 0.717) is 26.2 Å². The van der Waals surface area contributed by atoms with Gasteiger partial charge in [0.2, 0.25) is 11.8 Å². The Balaban J connectivity index is 1.10. The van der Waals surface area contributed by atoms with Crippen LogP contribution in [0, 0.1) is 0 Å². The van der Waals surface area contributed by atoms with Crippen LogP contribution >= 0.6 is 0 Å². The minimum absolute atomic E-state index is 0.0623. The van der Waals surface area contributed by atoms with Crippen molar-refractivity contribution in [3.63, 3.8) is 0 Å². The molecule has 10 heteroatoms. The van der Waals surface area contributed by atoms with Gasteiger partial charge in [-0.3, -0.25) is 19.4 Å². The van der Waals surface area contributed by atoms with Crippen molar-refractivity contribution in [2.24, 2.45) is 0 Å². The van der Waals surface area contributed by atoms with Gasteiger partial charge >= 0.3 is 0 Å². The molecule has 2 unspecified atom stereocenters. The first kappa shape index (κ1) is 39.8. The molecule has 0 aliphatic heterocycles. The maximum absolute atomic E-state index is 13.8. The van der Waals surface area contributed by atoms with E-state index in [1.54, 1.807) is 0 Å². The number of hydrogen-bond donors (Lipinski definition) is 2. The number of benzene rings is 4. The van der Waals surface area contributed by atoms with Crippen molar-refractivity contribution in [3.05, 3.63) is 144 Å². The number of aromatic amines is 2. The van der Waals surface area contributed by atoms with Crippen molar-refractivity contribution in [2.45, 2.75) is 51.9 Å². The lowest BCUT2D eigenvalue weighted by atomic mass is 10.0. The summed E-state index contributed by atoms with van der Waals surface area (Å²) >= 11 is 0. The van der Waals surface area contributed by atoms with Crippen molar-refractivity contribution in [3.8, 4) is 33.6 Å². The van der Waals surface area contributed by atoms with Gasteiger partial charge in [-0.2, -0.15) is 0 Å². The Morgan fingerprint density at radius 1 is 0.518 bits per heavy atom. The van der Waals surface area contributed by atoms with E-state index in [9.17, 15) is 9.59 Å². The molecule has 2 aromatic heterocycles. The van der Waals surface area contributed by atoms with Crippen molar-refractivity contribution in [1.82, 2.24) is 39.5 Å². The average molecular weight is 751 g/mol. The molecular formula is C46H54N8O2. The molecule has 0 radical (unpaired) electrons. The Hall–Kier alpha value is -5.84. The fraction of sp³-hybridized carbons (Fsp3) is 0.304. The summed E-state index contributed by atoms with van der Waals surface area (Å²) < 4.78 is 0. The molecular weight excluding hydrogens is 697 g/mol. The minimum atomic E-state index is -0.365. The van der Waals surface area contributed by atoms with Gasteiger partial charge < -0.3 is 19.8 Å². The number of carbonyl (C=O) groups excluding carboxylic acids is 2. The first-order valence-electron chi connectivity index (χ1n) is 19.5. The molecule has 2 amide bonds. The fourth-order valence-electron chi connectivity index (χ4n) is 7.24. The Labute approximate surface area is 331 Å². The van der Waals surface area contributed by atoms with Gasteiger partial charge in [-0.05, 0) is 74.4 Å². The van der Waals surface area contributed by atoms with Crippen LogP contribution in [0.25, 0.3) is 33.6 Å². The van der Waals surface area contributed by atoms with Crippen LogP contribution in [-0.2, 0) is 22.7 Å². The predicted molar refractivity (Wildman–Crippen MR) is 224 cm³/mol. The first-order chi connectivity index (χ1) is 27.2. The van der Waals surface area contributed by atoms with Crippen molar-refractivity contribution < 1.29 is 9.59 Å². The van der Waals surface area contributed by atoms with Crippen molar-refractivity contribution in [1.29, 1.82) is 0 Å². The van der Waals surface area contributed by atoms with E-state index in [1.807, 2.05) is 121 Å². The summed E-state index contributed by atoms with van der Waals surface area (Å²) in [6.07, 6.45) is 5.39. The molecule has 0 spiro atoms. The number of hydrogen-bond acceptors (Lipinski definition) is 6. The molecule has 2 heterocycles. The maximum atomic E-state index is 13.8. The van der Waals surface area contributed by atoms with Crippen LogP contribution in [0.5, 0.6) is 0 Å². The normalized spacial score (nSPS) is 12.5. The van der Waals surface area contributed by atoms with Crippen molar-refractivity contribution >= 4 is 11.8 Å². The highest BCUT2D eigenvalue weighted by molar-refractivity contribution is 5.84. The van der Waals surface area contributed by atoms with Gasteiger partial charge in [0.05, 0.1) is 36.9 Å². The number of carbonyl (C=O) groups is 2. The lowest BCUT2D eigenvalue weighted by Crippen LogP contribution is -2.40. The Bertz CT molecular complexity index is 1990. The highest BCUT2D eigenvalue weighted by Gasteiger charge is 2.29. The molecule has 0 saturated carbocycles. The number of nitrogens with zero attached hydrogens (tertiary/aromatic N) is 6. The molecule has 4 aromatic carbocycles. The summed E-state index contributed by atoms with van der Waals surface area (Å²) in [4.78, 5) is 51.6. The second-order valence-corrected chi connectivity index (χ2v) is 14.7. The number of nitrogens with one attached hydrogen (secondary N) is 2. The number of likely N-dealkylation sites (N-methyl/N-ethyl adjacent to an activating group) is 2. The Morgan fingerprint density at radius 3 is 1.18 bits per heavy atom. The summed E-state index contributed by atoms with van der Waals surface area (Å²) in [6.45, 7) is 6.28. The highest BCUT2D eigenvalue weighted by Crippen LogP contribution is 2.28. The molecule has 6 rings (SSSR count). The second kappa shape index (κ2) is 18.7. The van der Waals surface area contributed by atoms with E-state index >= 15 is 0 Å². The molecule has 0 aliphatic rings. The van der Waals surface area contributed by atoms with Crippen LogP contribution in [0.1, 0.15) is 61.5 Å². The molecule has 10 nitrogen and oxygen atoms in total. The van der Waals surface area contributed by atoms with E-state index in [-0.39, 0.29) is 23.9 Å². The lowest BCUT2D eigenvalue weighted by Gasteiger charge is -2.30. The minimum Gasteiger partial charge on any atom is -0.341 e. The van der Waals surface area contributed by atoms with Gasteiger partial charge in [-0.25, -0.2) is 9.97 Å². The number of amides is 2. The summed E-state index contributed by atoms with van der Waals surface area (Å²) in [5, 5.41) is 0. The van der Waals surface area contributed by atoms with Gasteiger partial charge in [0.25, 0.3) is 0 Å². The molecule has 290 valence electrons. The lowest BCUT2D eigenvalue weighted by molar-refractivity contribution is -0.138. The molecule has 56 heavy (non-hydrogen) atoms. The van der Waals surface area contributed by atoms with E-state index in [1.165, 1.54) is 0 Å². The zero-order valence-electron chi connectivity index (χ0n) is 33.4. The van der Waals surface area contributed by atoms with Gasteiger partial charge in [0, 0.05) is 13.1 Å². The summed E-state index contributed by atoms with van der Waals surface area (Å²) in [5.41, 5.74) is 8.01. The topological polar surface area (TPSA) is 104 Å². The SMILES string of the molecule is CCCN(Cc1ncc(-c2ccc(-c3ccc(-c4cnc(CN(CCC)C(=O)C(c5ccccc5)N(C)C)[nH]4)cc3)cc2)[nH]1)C(=O)C(c1ccccc1)N(C)C. The molecule has 6 aromatic rings. The number of H-pyrrole nitrogens is 2. The van der Waals surface area contributed by atoms with E-state index in [0.717, 1.165) is 69.3 Å². The van der Waals surface area contributed by atoms with E-state index < -0.39 is 0 Å². The molecule has 2 N–H and O–H groups in total. The maximum Gasteiger partial charge on any atom is 0.244 e. The van der Waals surface area contributed by atoms with E-state index in [2.05, 4.69) is 82.3 Å². The largest absolute Gasteiger partial charge is 0.341 e. The highest BCUT2D eigenvalue weighted by atomic mass is 16.2. The number of aromatic nitrogens is 4. The van der Waals surface area contributed by atoms with Crippen LogP contribution in [0.2, 0.25) is 0 Å². The monoisotopic (exact) mass is 750 g/mol. The van der Waals surface area contributed by atoms with Crippen molar-refractivity contribution in [2.75, 3.05) is 41.3 Å². The zero-order valence-corrected chi connectivity index (χ0v) is 33.4. The van der Waals surface area contributed by atoms with Gasteiger partial charge in [-0.1, -0.05) is 123 Å². The Kier molecular flexibility index (Phi) is 13.3. The molecule has 2 atom stereocenters. The smallest absolute Gasteiger partial charge is 0.244 e. The second-order valence-electron chi connectivity index (χ2n) is 14.7. The van der Waals surface area contributed by atoms with Crippen LogP contribution in [0.3, 0.4) is 0 Å². The van der Waals surface area contributed by atoms with Crippen LogP contribution < -0.4 is 0 Å². The summed E-state index contributed by atoms with van der Waals surface area (Å²) in [7, 11) is 7.78. The first-order valence-corrected chi connectivity index (χ1v) is 19.5. The number of rotatable bonds is 17. The van der Waals surface area contributed by atoms with Crippen LogP contribution in [-0.4, -0.2) is 92.6 Å². The molecule has 0 saturated heterocycles. The predicted octanol–water partition coefficient (Wildman–Crippen LogP) is 8.22.